The number of carbonyl (C=O) groups excluding carboxylic acids is 2. The molecule has 2 amide bonds. The minimum Gasteiger partial charge on any atom is -0.481 e. The summed E-state index contributed by atoms with van der Waals surface area (Å²) in [5.41, 5.74) is 0. The zero-order valence-electron chi connectivity index (χ0n) is 12.1. The van der Waals surface area contributed by atoms with Crippen LogP contribution in [0.25, 0.3) is 0 Å². The van der Waals surface area contributed by atoms with Crippen molar-refractivity contribution in [2.75, 3.05) is 19.0 Å². The number of rotatable bonds is 9. The molecule has 0 radical (unpaired) electrons. The number of carbonyl (C=O) groups is 3. The molecule has 0 aliphatic rings. The number of hydrogen-bond donors (Lipinski definition) is 3. The molecule has 0 unspecified atom stereocenters. The predicted molar refractivity (Wildman–Crippen MR) is 78.8 cm³/mol. The van der Waals surface area contributed by atoms with Crippen LogP contribution in [0.2, 0.25) is 0 Å². The first-order valence-electron chi connectivity index (χ1n) is 6.67. The van der Waals surface area contributed by atoms with Crippen molar-refractivity contribution in [1.82, 2.24) is 15.5 Å². The molecular formula is C12H18N4O5S. The summed E-state index contributed by atoms with van der Waals surface area (Å²) in [5, 5.41) is 22.3. The molecule has 1 rings (SSSR count). The molecule has 1 heterocycles. The molecule has 1 aromatic rings. The van der Waals surface area contributed by atoms with Crippen LogP contribution < -0.4 is 10.6 Å². The van der Waals surface area contributed by atoms with Gasteiger partial charge in [0, 0.05) is 25.8 Å². The van der Waals surface area contributed by atoms with Crippen LogP contribution in [-0.4, -0.2) is 46.9 Å². The number of urea groups is 1. The molecule has 0 aromatic carbocycles. The number of esters is 1. The number of nitrogens with zero attached hydrogens (tertiary/aromatic N) is 2. The lowest BCUT2D eigenvalue weighted by Gasteiger charge is -2.03. The van der Waals surface area contributed by atoms with Gasteiger partial charge in [-0.3, -0.25) is 14.9 Å². The van der Waals surface area contributed by atoms with Gasteiger partial charge in [0.1, 0.15) is 5.01 Å². The van der Waals surface area contributed by atoms with E-state index in [2.05, 4.69) is 25.6 Å². The fraction of sp³-hybridized carbons (Fsp3) is 0.583. The lowest BCUT2D eigenvalue weighted by Crippen LogP contribution is -2.29. The van der Waals surface area contributed by atoms with Crippen molar-refractivity contribution < 1.29 is 24.2 Å². The van der Waals surface area contributed by atoms with E-state index in [1.807, 2.05) is 0 Å². The highest BCUT2D eigenvalue weighted by atomic mass is 32.1. The van der Waals surface area contributed by atoms with Crippen molar-refractivity contribution in [2.24, 2.45) is 0 Å². The maximum atomic E-state index is 11.5. The van der Waals surface area contributed by atoms with Crippen LogP contribution in [0.1, 0.15) is 30.7 Å². The number of aromatic nitrogens is 2. The number of aryl methyl sites for hydroxylation is 1. The van der Waals surface area contributed by atoms with E-state index in [-0.39, 0.29) is 18.9 Å². The van der Waals surface area contributed by atoms with Gasteiger partial charge in [-0.05, 0) is 12.8 Å². The molecule has 122 valence electrons. The fourth-order valence-corrected chi connectivity index (χ4v) is 2.25. The Morgan fingerprint density at radius 2 is 2.00 bits per heavy atom. The topological polar surface area (TPSA) is 131 Å². The van der Waals surface area contributed by atoms with E-state index in [4.69, 9.17) is 5.11 Å². The third-order valence-corrected chi connectivity index (χ3v) is 3.44. The standard InChI is InChI=1S/C12H18N4O5S/c1-21-10(19)6-2-4-8-15-16-12(22-8)14-11(20)13-7-3-5-9(17)18/h2-7H2,1H3,(H,17,18)(H2,13,14,16,20). The second kappa shape index (κ2) is 9.66. The van der Waals surface area contributed by atoms with E-state index in [0.29, 0.717) is 35.8 Å². The maximum Gasteiger partial charge on any atom is 0.321 e. The number of carboxylic acids is 1. The highest BCUT2D eigenvalue weighted by Crippen LogP contribution is 2.17. The van der Waals surface area contributed by atoms with Crippen molar-refractivity contribution in [1.29, 1.82) is 0 Å². The number of hydrogen-bond acceptors (Lipinski definition) is 7. The Hall–Kier alpha value is -2.23. The van der Waals surface area contributed by atoms with Crippen LogP contribution in [0.3, 0.4) is 0 Å². The van der Waals surface area contributed by atoms with Crippen LogP contribution in [0.5, 0.6) is 0 Å². The van der Waals surface area contributed by atoms with E-state index >= 15 is 0 Å². The summed E-state index contributed by atoms with van der Waals surface area (Å²) in [6.07, 6.45) is 1.85. The Balaban J connectivity index is 2.24. The van der Waals surface area contributed by atoms with Crippen LogP contribution in [0.15, 0.2) is 0 Å². The number of amides is 2. The number of anilines is 1. The number of nitrogens with one attached hydrogen (secondary N) is 2. The average molecular weight is 330 g/mol. The molecule has 22 heavy (non-hydrogen) atoms. The lowest BCUT2D eigenvalue weighted by molar-refractivity contribution is -0.140. The molecule has 0 spiro atoms. The average Bonchev–Trinajstić information content (AvgIpc) is 2.90. The summed E-state index contributed by atoms with van der Waals surface area (Å²) in [7, 11) is 1.34. The fourth-order valence-electron chi connectivity index (χ4n) is 1.47. The predicted octanol–water partition coefficient (Wildman–Crippen LogP) is 1.02. The molecule has 3 N–H and O–H groups in total. The van der Waals surface area contributed by atoms with E-state index in [0.717, 1.165) is 0 Å². The number of methoxy groups -OCH3 is 1. The van der Waals surface area contributed by atoms with Gasteiger partial charge in [-0.2, -0.15) is 0 Å². The SMILES string of the molecule is COC(=O)CCCc1nnc(NC(=O)NCCCC(=O)O)s1. The van der Waals surface area contributed by atoms with Gasteiger partial charge in [0.05, 0.1) is 7.11 Å². The number of aliphatic carboxylic acids is 1. The van der Waals surface area contributed by atoms with Crippen molar-refractivity contribution in [2.45, 2.75) is 32.1 Å². The van der Waals surface area contributed by atoms with E-state index < -0.39 is 12.0 Å². The monoisotopic (exact) mass is 330 g/mol. The summed E-state index contributed by atoms with van der Waals surface area (Å²) in [4.78, 5) is 32.8. The van der Waals surface area contributed by atoms with Crippen molar-refractivity contribution >= 4 is 34.4 Å². The second-order valence-electron chi connectivity index (χ2n) is 4.31. The van der Waals surface area contributed by atoms with Gasteiger partial charge < -0.3 is 15.2 Å². The van der Waals surface area contributed by atoms with Crippen LogP contribution >= 0.6 is 11.3 Å². The summed E-state index contributed by atoms with van der Waals surface area (Å²) < 4.78 is 4.53. The van der Waals surface area contributed by atoms with Crippen LogP contribution in [0, 0.1) is 0 Å². The third kappa shape index (κ3) is 7.53. The van der Waals surface area contributed by atoms with Gasteiger partial charge in [-0.1, -0.05) is 11.3 Å². The molecule has 0 saturated carbocycles. The molecule has 0 fully saturated rings. The Kier molecular flexibility index (Phi) is 7.83. The number of carboxylic acid groups (broad SMARTS) is 1. The van der Waals surface area contributed by atoms with Crippen molar-refractivity contribution in [3.63, 3.8) is 0 Å². The van der Waals surface area contributed by atoms with E-state index in [1.54, 1.807) is 0 Å². The Labute approximate surface area is 131 Å². The molecule has 0 saturated heterocycles. The van der Waals surface area contributed by atoms with Gasteiger partial charge in [0.2, 0.25) is 5.13 Å². The Morgan fingerprint density at radius 3 is 2.68 bits per heavy atom. The zero-order valence-corrected chi connectivity index (χ0v) is 12.9. The third-order valence-electron chi connectivity index (χ3n) is 2.54. The van der Waals surface area contributed by atoms with Gasteiger partial charge in [-0.15, -0.1) is 10.2 Å². The molecule has 9 nitrogen and oxygen atoms in total. The second-order valence-corrected chi connectivity index (χ2v) is 5.37. The first kappa shape index (κ1) is 17.8. The van der Waals surface area contributed by atoms with Gasteiger partial charge >= 0.3 is 18.0 Å². The highest BCUT2D eigenvalue weighted by Gasteiger charge is 2.09. The summed E-state index contributed by atoms with van der Waals surface area (Å²) >= 11 is 1.22. The molecule has 0 bridgehead atoms. The van der Waals surface area contributed by atoms with Gasteiger partial charge in [0.25, 0.3) is 0 Å². The smallest absolute Gasteiger partial charge is 0.321 e. The molecule has 0 atom stereocenters. The summed E-state index contributed by atoms with van der Waals surface area (Å²) in [6.45, 7) is 0.267. The normalized spacial score (nSPS) is 10.0. The Bertz CT molecular complexity index is 519. The molecule has 0 aliphatic carbocycles. The first-order chi connectivity index (χ1) is 10.5. The zero-order chi connectivity index (χ0) is 16.4. The minimum absolute atomic E-state index is 0.00340. The highest BCUT2D eigenvalue weighted by molar-refractivity contribution is 7.15. The quantitative estimate of drug-likeness (QED) is 0.455. The maximum absolute atomic E-state index is 11.5. The number of ether oxygens (including phenoxy) is 1. The minimum atomic E-state index is -0.900. The Morgan fingerprint density at radius 1 is 1.23 bits per heavy atom. The molecular weight excluding hydrogens is 312 g/mol. The largest absolute Gasteiger partial charge is 0.481 e. The van der Waals surface area contributed by atoms with Gasteiger partial charge in [-0.25, -0.2) is 4.79 Å². The van der Waals surface area contributed by atoms with Crippen molar-refractivity contribution in [3.05, 3.63) is 5.01 Å². The summed E-state index contributed by atoms with van der Waals surface area (Å²) in [5.74, 6) is -1.17. The van der Waals surface area contributed by atoms with Crippen LogP contribution in [-0.2, 0) is 20.7 Å². The van der Waals surface area contributed by atoms with E-state index in [1.165, 1.54) is 18.4 Å². The van der Waals surface area contributed by atoms with E-state index in [9.17, 15) is 14.4 Å². The molecule has 1 aromatic heterocycles. The first-order valence-corrected chi connectivity index (χ1v) is 7.48. The summed E-state index contributed by atoms with van der Waals surface area (Å²) in [6, 6.07) is -0.456. The van der Waals surface area contributed by atoms with Gasteiger partial charge in [0.15, 0.2) is 0 Å². The molecule has 10 heteroatoms. The molecule has 0 aliphatic heterocycles. The van der Waals surface area contributed by atoms with Crippen LogP contribution in [0.4, 0.5) is 9.93 Å². The van der Waals surface area contributed by atoms with Crippen molar-refractivity contribution in [3.8, 4) is 0 Å². The lowest BCUT2D eigenvalue weighted by atomic mass is 10.2.